The predicted octanol–water partition coefficient (Wildman–Crippen LogP) is 0.0220. The highest BCUT2D eigenvalue weighted by molar-refractivity contribution is 6.31. The molecule has 0 atom stereocenters. The Labute approximate surface area is 301 Å². The molecule has 2 amide bonds. The number of ether oxygens (including phenoxy) is 5. The Morgan fingerprint density at radius 3 is 2.33 bits per heavy atom. The normalized spacial score (nSPS) is 11.7. The molecular weight excluding hydrogens is 678 g/mol. The molecule has 2 heterocycles. The lowest BCUT2D eigenvalue weighted by molar-refractivity contribution is -0.121. The molecule has 0 saturated heterocycles. The topological polar surface area (TPSA) is 265 Å². The van der Waals surface area contributed by atoms with Crippen LogP contribution in [0.25, 0.3) is 11.2 Å². The van der Waals surface area contributed by atoms with Gasteiger partial charge in [0.25, 0.3) is 11.5 Å². The Morgan fingerprint density at radius 2 is 1.62 bits per heavy atom. The second kappa shape index (κ2) is 25.0. The lowest BCUT2D eigenvalue weighted by Gasteiger charge is -2.09. The van der Waals surface area contributed by atoms with Gasteiger partial charge in [-0.3, -0.25) is 24.4 Å². The van der Waals surface area contributed by atoms with Gasteiger partial charge in [-0.2, -0.15) is 10.1 Å². The van der Waals surface area contributed by atoms with Crippen LogP contribution in [0.15, 0.2) is 45.4 Å². The summed E-state index contributed by atoms with van der Waals surface area (Å²) >= 11 is 0. The minimum absolute atomic E-state index is 0.0241. The molecule has 0 aliphatic carbocycles. The smallest absolute Gasteiger partial charge is 0.280 e. The number of H-pyrrole nitrogens is 1. The summed E-state index contributed by atoms with van der Waals surface area (Å²) in [6, 6.07) is 6.89. The van der Waals surface area contributed by atoms with Crippen LogP contribution in [0.1, 0.15) is 35.8 Å². The number of carbonyl (C=O) groups excluding carboxylic acids is 2. The molecule has 19 heteroatoms. The molecule has 52 heavy (non-hydrogen) atoms. The maximum atomic E-state index is 12.5. The number of anilines is 2. The zero-order valence-electron chi connectivity index (χ0n) is 29.4. The summed E-state index contributed by atoms with van der Waals surface area (Å²) in [6.45, 7) is 7.75. The van der Waals surface area contributed by atoms with Crippen LogP contribution in [0.5, 0.6) is 0 Å². The third-order valence-corrected chi connectivity index (χ3v) is 6.88. The first-order chi connectivity index (χ1) is 25.4. The van der Waals surface area contributed by atoms with Gasteiger partial charge in [0.1, 0.15) is 5.71 Å². The van der Waals surface area contributed by atoms with Gasteiger partial charge in [-0.05, 0) is 37.6 Å². The average Bonchev–Trinajstić information content (AvgIpc) is 3.15. The van der Waals surface area contributed by atoms with E-state index in [1.807, 2.05) is 6.92 Å². The van der Waals surface area contributed by atoms with Crippen LogP contribution in [-0.2, 0) is 35.0 Å². The Bertz CT molecular complexity index is 1620. The minimum Gasteiger partial charge on any atom is -0.380 e. The summed E-state index contributed by atoms with van der Waals surface area (Å²) in [5.74, 6) is 4.95. The first-order valence-electron chi connectivity index (χ1n) is 16.9. The number of hydrogen-bond acceptors (Lipinski definition) is 16. The molecule has 0 fully saturated rings. The number of amides is 2. The number of nitrogens with two attached hydrogens (primary N) is 2. The number of nitrogen functional groups attached to an aromatic ring is 1. The van der Waals surface area contributed by atoms with Crippen molar-refractivity contribution >= 4 is 46.5 Å². The zero-order chi connectivity index (χ0) is 37.2. The number of nitrogens with zero attached hydrogens (tertiary/aromatic N) is 5. The third-order valence-electron chi connectivity index (χ3n) is 6.88. The molecular formula is C33H49N11O8. The minimum atomic E-state index is -0.462. The number of rotatable bonds is 27. The van der Waals surface area contributed by atoms with Crippen molar-refractivity contribution in [3.63, 3.8) is 0 Å². The average molecular weight is 728 g/mol. The molecule has 284 valence electrons. The van der Waals surface area contributed by atoms with E-state index >= 15 is 0 Å². The second-order valence-electron chi connectivity index (χ2n) is 10.9. The van der Waals surface area contributed by atoms with Crippen LogP contribution in [-0.4, -0.2) is 129 Å². The fourth-order valence-electron chi connectivity index (χ4n) is 4.27. The molecule has 0 radical (unpaired) electrons. The summed E-state index contributed by atoms with van der Waals surface area (Å²) in [7, 11) is 0. The van der Waals surface area contributed by atoms with E-state index in [-0.39, 0.29) is 42.0 Å². The SMILES string of the molecule is CCOCCN=CC(COCCOCCOCCOCCNC(=O)CCCNC(=O)c1ccc(NCc2cnc3nc(N)[nH]c(=O)c3n2)cc1)=NN. The van der Waals surface area contributed by atoms with Crippen LogP contribution >= 0.6 is 0 Å². The number of aliphatic imine (C=N–C) groups is 1. The summed E-state index contributed by atoms with van der Waals surface area (Å²) < 4.78 is 27.1. The standard InChI is InChI=1S/C33H49N11O8/c1-2-48-12-10-36-20-27(44-35)23-52-19-18-51-17-16-50-15-14-49-13-11-37-28(45)4-3-9-38-31(46)24-5-7-25(8-6-24)39-21-26-22-40-30-29(41-26)32(47)43-33(34)42-30/h5-8,20,22,39H,2-4,9-19,21,23,35H2,1H3,(H,37,45)(H,38,46)(H3,34,40,42,43,47). The van der Waals surface area contributed by atoms with Gasteiger partial charge in [0, 0.05) is 43.6 Å². The number of carbonyl (C=O) groups is 2. The quantitative estimate of drug-likeness (QED) is 0.0262. The van der Waals surface area contributed by atoms with Crippen LogP contribution in [0, 0.1) is 0 Å². The van der Waals surface area contributed by atoms with E-state index in [9.17, 15) is 14.4 Å². The number of aromatic nitrogens is 4. The van der Waals surface area contributed by atoms with Gasteiger partial charge in [-0.25, -0.2) is 9.97 Å². The molecule has 1 aromatic carbocycles. The maximum absolute atomic E-state index is 12.5. The van der Waals surface area contributed by atoms with Crippen LogP contribution in [0.3, 0.4) is 0 Å². The van der Waals surface area contributed by atoms with Crippen LogP contribution in [0.4, 0.5) is 11.6 Å². The van der Waals surface area contributed by atoms with E-state index in [0.29, 0.717) is 109 Å². The molecule has 0 bridgehead atoms. The first-order valence-corrected chi connectivity index (χ1v) is 16.9. The zero-order valence-corrected chi connectivity index (χ0v) is 29.4. The molecule has 3 aromatic rings. The molecule has 0 aliphatic rings. The summed E-state index contributed by atoms with van der Waals surface area (Å²) in [5, 5.41) is 12.4. The third kappa shape index (κ3) is 16.8. The van der Waals surface area contributed by atoms with Crippen LogP contribution in [0.2, 0.25) is 0 Å². The van der Waals surface area contributed by atoms with Crippen molar-refractivity contribution in [3.05, 3.63) is 52.1 Å². The summed E-state index contributed by atoms with van der Waals surface area (Å²) in [6.07, 6.45) is 3.85. The van der Waals surface area contributed by atoms with Gasteiger partial charge in [0.2, 0.25) is 11.9 Å². The van der Waals surface area contributed by atoms with Gasteiger partial charge < -0.3 is 51.2 Å². The fraction of sp³-hybridized carbons (Fsp3) is 0.515. The Hall–Kier alpha value is -5.08. The van der Waals surface area contributed by atoms with Gasteiger partial charge >= 0.3 is 0 Å². The maximum Gasteiger partial charge on any atom is 0.280 e. The van der Waals surface area contributed by atoms with Gasteiger partial charge in [0.05, 0.1) is 84.4 Å². The van der Waals surface area contributed by atoms with Gasteiger partial charge in [-0.15, -0.1) is 0 Å². The van der Waals surface area contributed by atoms with Crippen molar-refractivity contribution in [3.8, 4) is 0 Å². The van der Waals surface area contributed by atoms with Crippen molar-refractivity contribution < 1.29 is 33.3 Å². The summed E-state index contributed by atoms with van der Waals surface area (Å²) in [5.41, 5.74) is 7.65. The van der Waals surface area contributed by atoms with Crippen LogP contribution < -0.4 is 33.1 Å². The highest BCUT2D eigenvalue weighted by atomic mass is 16.6. The van der Waals surface area contributed by atoms with E-state index in [0.717, 1.165) is 5.69 Å². The second-order valence-corrected chi connectivity index (χ2v) is 10.9. The van der Waals surface area contributed by atoms with E-state index in [1.54, 1.807) is 30.5 Å². The number of hydrogen-bond donors (Lipinski definition) is 6. The van der Waals surface area contributed by atoms with Crippen molar-refractivity contribution in [2.45, 2.75) is 26.3 Å². The largest absolute Gasteiger partial charge is 0.380 e. The number of nitrogens with one attached hydrogen (secondary N) is 4. The molecule has 3 rings (SSSR count). The Balaban J connectivity index is 1.12. The molecule has 0 unspecified atom stereocenters. The van der Waals surface area contributed by atoms with Crippen molar-refractivity contribution in [2.24, 2.45) is 15.9 Å². The molecule has 0 spiro atoms. The summed E-state index contributed by atoms with van der Waals surface area (Å²) in [4.78, 5) is 55.6. The lowest BCUT2D eigenvalue weighted by Crippen LogP contribution is -2.29. The van der Waals surface area contributed by atoms with E-state index in [2.05, 4.69) is 46.0 Å². The van der Waals surface area contributed by atoms with E-state index < -0.39 is 5.56 Å². The molecule has 19 nitrogen and oxygen atoms in total. The Morgan fingerprint density at radius 1 is 0.904 bits per heavy atom. The van der Waals surface area contributed by atoms with E-state index in [1.165, 1.54) is 6.20 Å². The van der Waals surface area contributed by atoms with Gasteiger partial charge in [-0.1, -0.05) is 0 Å². The monoisotopic (exact) mass is 727 g/mol. The van der Waals surface area contributed by atoms with Crippen molar-refractivity contribution in [1.29, 1.82) is 0 Å². The fourth-order valence-corrected chi connectivity index (χ4v) is 4.27. The van der Waals surface area contributed by atoms with E-state index in [4.69, 9.17) is 35.3 Å². The van der Waals surface area contributed by atoms with Crippen molar-refractivity contribution in [2.75, 3.05) is 96.8 Å². The molecule has 8 N–H and O–H groups in total. The predicted molar refractivity (Wildman–Crippen MR) is 195 cm³/mol. The highest BCUT2D eigenvalue weighted by Gasteiger charge is 2.09. The number of hydrazone groups is 1. The first kappa shape index (κ1) is 41.3. The number of aromatic amines is 1. The lowest BCUT2D eigenvalue weighted by atomic mass is 10.2. The molecule has 0 saturated carbocycles. The highest BCUT2D eigenvalue weighted by Crippen LogP contribution is 2.12. The number of fused-ring (bicyclic) bond motifs is 1. The number of benzene rings is 1. The van der Waals surface area contributed by atoms with Gasteiger partial charge in [0.15, 0.2) is 11.2 Å². The Kier molecular flexibility index (Phi) is 19.8. The molecule has 0 aliphatic heterocycles. The van der Waals surface area contributed by atoms with Crippen molar-refractivity contribution in [1.82, 2.24) is 30.6 Å². The molecule has 2 aromatic heterocycles.